The molecule has 0 aliphatic rings. The molecule has 0 aliphatic carbocycles. The van der Waals surface area contributed by atoms with Gasteiger partial charge in [0.15, 0.2) is 0 Å². The van der Waals surface area contributed by atoms with Gasteiger partial charge in [0, 0.05) is 11.8 Å². The fraction of sp³-hybridized carbons (Fsp3) is 0.263. The van der Waals surface area contributed by atoms with E-state index in [1.54, 1.807) is 0 Å². The number of halogens is 4. The molecular weight excluding hydrogens is 441 g/mol. The quantitative estimate of drug-likeness (QED) is 0.598. The summed E-state index contributed by atoms with van der Waals surface area (Å²) in [6.45, 7) is 3.51. The van der Waals surface area contributed by atoms with E-state index in [0.717, 1.165) is 16.9 Å². The van der Waals surface area contributed by atoms with E-state index >= 15 is 0 Å². The summed E-state index contributed by atoms with van der Waals surface area (Å²) in [5.41, 5.74) is -0.0359. The predicted octanol–water partition coefficient (Wildman–Crippen LogP) is 4.80. The summed E-state index contributed by atoms with van der Waals surface area (Å²) >= 11 is 6.69. The van der Waals surface area contributed by atoms with E-state index in [4.69, 9.17) is 11.6 Å². The van der Waals surface area contributed by atoms with Crippen LogP contribution in [0.5, 0.6) is 0 Å². The number of nitrogens with zero attached hydrogens (tertiary/aromatic N) is 3. The molecular formula is C19H16ClF3N4O2S. The summed E-state index contributed by atoms with van der Waals surface area (Å²) < 4.78 is 39.3. The van der Waals surface area contributed by atoms with Crippen LogP contribution < -0.4 is 10.9 Å². The Morgan fingerprint density at radius 1 is 1.23 bits per heavy atom. The molecule has 1 N–H and O–H groups in total. The Morgan fingerprint density at radius 3 is 2.50 bits per heavy atom. The van der Waals surface area contributed by atoms with E-state index < -0.39 is 34.8 Å². The fourth-order valence-corrected chi connectivity index (χ4v) is 3.58. The second-order valence-corrected chi connectivity index (χ2v) is 8.13. The van der Waals surface area contributed by atoms with Gasteiger partial charge in [0.05, 0.1) is 5.56 Å². The van der Waals surface area contributed by atoms with Gasteiger partial charge in [-0.1, -0.05) is 61.1 Å². The molecule has 0 aliphatic heterocycles. The van der Waals surface area contributed by atoms with Crippen molar-refractivity contribution < 1.29 is 18.0 Å². The standard InChI is InChI=1S/C19H16ClF3N4O2S/c1-10(2)11-3-5-12(6-4-11)16-25-26-18(30-16)24-15(28)9-27-8-13(19(21,22)23)7-14(20)17(27)29/h3-8,10H,9H2,1-2H3,(H,24,26,28). The third-order valence-corrected chi connectivity index (χ3v) is 5.34. The zero-order valence-corrected chi connectivity index (χ0v) is 17.4. The van der Waals surface area contributed by atoms with Crippen molar-refractivity contribution in [1.82, 2.24) is 14.8 Å². The molecule has 0 atom stereocenters. The number of hydrogen-bond acceptors (Lipinski definition) is 5. The van der Waals surface area contributed by atoms with Crippen molar-refractivity contribution in [2.45, 2.75) is 32.5 Å². The Labute approximate surface area is 178 Å². The van der Waals surface area contributed by atoms with Crippen molar-refractivity contribution in [2.24, 2.45) is 0 Å². The molecule has 3 rings (SSSR count). The van der Waals surface area contributed by atoms with Gasteiger partial charge in [-0.3, -0.25) is 14.9 Å². The zero-order chi connectivity index (χ0) is 22.1. The second-order valence-electron chi connectivity index (χ2n) is 6.74. The van der Waals surface area contributed by atoms with Crippen LogP contribution >= 0.6 is 22.9 Å². The first-order valence-corrected chi connectivity index (χ1v) is 9.95. The molecule has 11 heteroatoms. The largest absolute Gasteiger partial charge is 0.417 e. The SMILES string of the molecule is CC(C)c1ccc(-c2nnc(NC(=O)Cn3cc(C(F)(F)F)cc(Cl)c3=O)s2)cc1. The maximum Gasteiger partial charge on any atom is 0.417 e. The number of benzene rings is 1. The van der Waals surface area contributed by atoms with Crippen LogP contribution in [0.15, 0.2) is 41.3 Å². The summed E-state index contributed by atoms with van der Waals surface area (Å²) in [7, 11) is 0. The van der Waals surface area contributed by atoms with Gasteiger partial charge >= 0.3 is 6.18 Å². The number of rotatable bonds is 5. The van der Waals surface area contributed by atoms with E-state index in [0.29, 0.717) is 27.8 Å². The smallest absolute Gasteiger partial charge is 0.304 e. The number of alkyl halides is 3. The summed E-state index contributed by atoms with van der Waals surface area (Å²) in [5, 5.41) is 10.4. The van der Waals surface area contributed by atoms with Gasteiger partial charge in [-0.05, 0) is 17.5 Å². The lowest BCUT2D eigenvalue weighted by Crippen LogP contribution is -2.29. The van der Waals surface area contributed by atoms with Crippen molar-refractivity contribution in [2.75, 3.05) is 5.32 Å². The van der Waals surface area contributed by atoms with Gasteiger partial charge in [-0.25, -0.2) is 0 Å². The molecule has 6 nitrogen and oxygen atoms in total. The van der Waals surface area contributed by atoms with Gasteiger partial charge in [-0.15, -0.1) is 10.2 Å². The Bertz CT molecular complexity index is 1120. The maximum absolute atomic E-state index is 12.9. The molecule has 2 heterocycles. The summed E-state index contributed by atoms with van der Waals surface area (Å²) in [4.78, 5) is 24.2. The molecule has 0 bridgehead atoms. The fourth-order valence-electron chi connectivity index (χ4n) is 2.59. The minimum absolute atomic E-state index is 0.161. The average Bonchev–Trinajstić information content (AvgIpc) is 3.12. The van der Waals surface area contributed by atoms with Gasteiger partial charge < -0.3 is 4.57 Å². The maximum atomic E-state index is 12.9. The summed E-state index contributed by atoms with van der Waals surface area (Å²) in [6.07, 6.45) is -4.15. The Balaban J connectivity index is 1.73. The molecule has 30 heavy (non-hydrogen) atoms. The highest BCUT2D eigenvalue weighted by atomic mass is 35.5. The highest BCUT2D eigenvalue weighted by Crippen LogP contribution is 2.30. The topological polar surface area (TPSA) is 76.9 Å². The average molecular weight is 457 g/mol. The molecule has 0 saturated carbocycles. The number of anilines is 1. The third kappa shape index (κ3) is 5.06. The molecule has 158 valence electrons. The van der Waals surface area contributed by atoms with E-state index in [-0.39, 0.29) is 5.13 Å². The number of carbonyl (C=O) groups is 1. The molecule has 1 aromatic carbocycles. The van der Waals surface area contributed by atoms with E-state index in [1.807, 2.05) is 24.3 Å². The number of nitrogens with one attached hydrogen (secondary N) is 1. The van der Waals surface area contributed by atoms with Crippen molar-refractivity contribution in [3.8, 4) is 10.6 Å². The zero-order valence-electron chi connectivity index (χ0n) is 15.8. The van der Waals surface area contributed by atoms with Gasteiger partial charge in [0.1, 0.15) is 16.6 Å². The molecule has 0 spiro atoms. The van der Waals surface area contributed by atoms with Gasteiger partial charge in [0.2, 0.25) is 11.0 Å². The van der Waals surface area contributed by atoms with Crippen molar-refractivity contribution >= 4 is 34.0 Å². The first-order chi connectivity index (χ1) is 14.0. The number of aromatic nitrogens is 3. The molecule has 3 aromatic rings. The van der Waals surface area contributed by atoms with Crippen LogP contribution in [0.3, 0.4) is 0 Å². The second kappa shape index (κ2) is 8.57. The van der Waals surface area contributed by atoms with Crippen LogP contribution in [0.1, 0.15) is 30.9 Å². The predicted molar refractivity (Wildman–Crippen MR) is 109 cm³/mol. The highest BCUT2D eigenvalue weighted by Gasteiger charge is 2.32. The Hall–Kier alpha value is -2.72. The number of amides is 1. The molecule has 0 radical (unpaired) electrons. The lowest BCUT2D eigenvalue weighted by molar-refractivity contribution is -0.138. The summed E-state index contributed by atoms with van der Waals surface area (Å²) in [5.74, 6) is -0.346. The van der Waals surface area contributed by atoms with Crippen molar-refractivity contribution in [3.63, 3.8) is 0 Å². The van der Waals surface area contributed by atoms with Crippen LogP contribution in [0.4, 0.5) is 18.3 Å². The molecule has 0 saturated heterocycles. The van der Waals surface area contributed by atoms with E-state index in [9.17, 15) is 22.8 Å². The van der Waals surface area contributed by atoms with Gasteiger partial charge in [-0.2, -0.15) is 13.2 Å². The minimum Gasteiger partial charge on any atom is -0.304 e. The van der Waals surface area contributed by atoms with E-state index in [2.05, 4.69) is 29.4 Å². The minimum atomic E-state index is -4.70. The normalized spacial score (nSPS) is 11.7. The van der Waals surface area contributed by atoms with Gasteiger partial charge in [0.25, 0.3) is 5.56 Å². The van der Waals surface area contributed by atoms with Crippen LogP contribution in [0.25, 0.3) is 10.6 Å². The molecule has 2 aromatic heterocycles. The number of hydrogen-bond donors (Lipinski definition) is 1. The monoisotopic (exact) mass is 456 g/mol. The molecule has 0 unspecified atom stereocenters. The summed E-state index contributed by atoms with van der Waals surface area (Å²) in [6, 6.07) is 8.27. The van der Waals surface area contributed by atoms with E-state index in [1.165, 1.54) is 5.56 Å². The third-order valence-electron chi connectivity index (χ3n) is 4.18. The lowest BCUT2D eigenvalue weighted by atomic mass is 10.0. The van der Waals surface area contributed by atoms with Crippen LogP contribution in [-0.4, -0.2) is 20.7 Å². The van der Waals surface area contributed by atoms with Crippen LogP contribution in [0.2, 0.25) is 5.02 Å². The first kappa shape index (κ1) is 22.0. The Kier molecular flexibility index (Phi) is 6.27. The van der Waals surface area contributed by atoms with Crippen molar-refractivity contribution in [1.29, 1.82) is 0 Å². The van der Waals surface area contributed by atoms with Crippen LogP contribution in [-0.2, 0) is 17.5 Å². The molecule has 1 amide bonds. The lowest BCUT2D eigenvalue weighted by Gasteiger charge is -2.11. The van der Waals surface area contributed by atoms with Crippen LogP contribution in [0, 0.1) is 0 Å². The first-order valence-electron chi connectivity index (χ1n) is 8.75. The highest BCUT2D eigenvalue weighted by molar-refractivity contribution is 7.18. The number of pyridine rings is 1. The molecule has 0 fully saturated rings. The van der Waals surface area contributed by atoms with Crippen molar-refractivity contribution in [3.05, 3.63) is 63.0 Å². The Morgan fingerprint density at radius 2 is 1.90 bits per heavy atom. The number of carbonyl (C=O) groups excluding carboxylic acids is 1.